The van der Waals surface area contributed by atoms with E-state index in [9.17, 15) is 27.9 Å². The van der Waals surface area contributed by atoms with Crippen molar-refractivity contribution in [2.75, 3.05) is 19.3 Å². The number of hydrogen-bond acceptors (Lipinski definition) is 7. The van der Waals surface area contributed by atoms with E-state index in [1.54, 1.807) is 0 Å². The molecule has 0 spiro atoms. The number of halogens is 1. The van der Waals surface area contributed by atoms with Gasteiger partial charge in [-0.25, -0.2) is 17.9 Å². The molecule has 186 valence electrons. The first-order chi connectivity index (χ1) is 16.0. The van der Waals surface area contributed by atoms with Crippen molar-refractivity contribution in [1.82, 2.24) is 24.4 Å². The molecule has 0 radical (unpaired) electrons. The molecule has 0 aliphatic heterocycles. The Morgan fingerprint density at radius 3 is 2.53 bits per heavy atom. The fourth-order valence-corrected chi connectivity index (χ4v) is 4.55. The third kappa shape index (κ3) is 6.75. The average Bonchev–Trinajstić information content (AvgIpc) is 2.99. The van der Waals surface area contributed by atoms with Crippen molar-refractivity contribution in [1.29, 1.82) is 0 Å². The molecular formula is C21H28ClN5O6S. The fourth-order valence-electron chi connectivity index (χ4n) is 3.88. The number of aromatic nitrogens is 3. The van der Waals surface area contributed by atoms with Gasteiger partial charge in [-0.1, -0.05) is 37.3 Å². The zero-order valence-electron chi connectivity index (χ0n) is 18.8. The van der Waals surface area contributed by atoms with E-state index in [1.165, 1.54) is 18.2 Å². The summed E-state index contributed by atoms with van der Waals surface area (Å²) in [7, 11) is -3.49. The second-order valence-corrected chi connectivity index (χ2v) is 10.7. The zero-order valence-corrected chi connectivity index (χ0v) is 20.4. The Morgan fingerprint density at radius 1 is 1.21 bits per heavy atom. The van der Waals surface area contributed by atoms with Crippen molar-refractivity contribution in [3.63, 3.8) is 0 Å². The van der Waals surface area contributed by atoms with E-state index in [0.29, 0.717) is 12.8 Å². The van der Waals surface area contributed by atoms with Gasteiger partial charge in [0.2, 0.25) is 10.0 Å². The number of sulfonamides is 1. The quantitative estimate of drug-likeness (QED) is 0.432. The molecule has 1 saturated carbocycles. The SMILES string of the molecule is CS(=O)(=O)NCCn1c(=O)cnn(-c2ccc(Cl)c(C(=O)NCC3(O)CCCCCC3)c2)c1=O. The highest BCUT2D eigenvalue weighted by molar-refractivity contribution is 7.88. The molecule has 3 rings (SSSR count). The number of carbonyl (C=O) groups excluding carboxylic acids is 1. The Balaban J connectivity index is 1.82. The fraction of sp³-hybridized carbons (Fsp3) is 0.524. The lowest BCUT2D eigenvalue weighted by molar-refractivity contribution is 0.0246. The van der Waals surface area contributed by atoms with Crippen molar-refractivity contribution in [3.05, 3.63) is 55.8 Å². The van der Waals surface area contributed by atoms with E-state index in [-0.39, 0.29) is 35.9 Å². The topological polar surface area (TPSA) is 152 Å². The summed E-state index contributed by atoms with van der Waals surface area (Å²) < 4.78 is 26.5. The van der Waals surface area contributed by atoms with Crippen LogP contribution in [-0.4, -0.2) is 58.7 Å². The summed E-state index contributed by atoms with van der Waals surface area (Å²) in [5.74, 6) is -0.511. The molecule has 1 aliphatic rings. The highest BCUT2D eigenvalue weighted by atomic mass is 35.5. The molecule has 2 aromatic rings. The van der Waals surface area contributed by atoms with Gasteiger partial charge in [-0.15, -0.1) is 0 Å². The average molecular weight is 514 g/mol. The number of amides is 1. The number of aliphatic hydroxyl groups is 1. The predicted molar refractivity (Wildman–Crippen MR) is 127 cm³/mol. The molecule has 3 N–H and O–H groups in total. The Bertz CT molecular complexity index is 1270. The van der Waals surface area contributed by atoms with Crippen molar-refractivity contribution >= 4 is 27.5 Å². The van der Waals surface area contributed by atoms with Crippen LogP contribution in [0.4, 0.5) is 0 Å². The van der Waals surface area contributed by atoms with Crippen LogP contribution in [0.3, 0.4) is 0 Å². The van der Waals surface area contributed by atoms with Crippen molar-refractivity contribution in [2.45, 2.75) is 50.7 Å². The van der Waals surface area contributed by atoms with E-state index in [0.717, 1.165) is 47.4 Å². The van der Waals surface area contributed by atoms with Crippen LogP contribution >= 0.6 is 11.6 Å². The lowest BCUT2D eigenvalue weighted by atomic mass is 9.94. The van der Waals surface area contributed by atoms with E-state index >= 15 is 0 Å². The molecule has 1 heterocycles. The molecule has 0 bridgehead atoms. The molecular weight excluding hydrogens is 486 g/mol. The monoisotopic (exact) mass is 513 g/mol. The predicted octanol–water partition coefficient (Wildman–Crippen LogP) is 0.412. The van der Waals surface area contributed by atoms with Crippen molar-refractivity contribution in [2.24, 2.45) is 0 Å². The second-order valence-electron chi connectivity index (χ2n) is 8.48. The van der Waals surface area contributed by atoms with Crippen LogP contribution in [0.5, 0.6) is 0 Å². The first-order valence-corrected chi connectivity index (χ1v) is 13.2. The van der Waals surface area contributed by atoms with Crippen LogP contribution in [0.25, 0.3) is 5.69 Å². The number of carbonyl (C=O) groups is 1. The minimum Gasteiger partial charge on any atom is -0.388 e. The Hall–Kier alpha value is -2.54. The van der Waals surface area contributed by atoms with E-state index in [1.807, 2.05) is 0 Å². The minimum atomic E-state index is -3.49. The van der Waals surface area contributed by atoms with E-state index in [2.05, 4.69) is 15.1 Å². The smallest absolute Gasteiger partial charge is 0.352 e. The van der Waals surface area contributed by atoms with Crippen LogP contribution in [0, 0.1) is 0 Å². The Kier molecular flexibility index (Phi) is 8.29. The van der Waals surface area contributed by atoms with Gasteiger partial charge in [-0.3, -0.25) is 14.2 Å². The normalized spacial score (nSPS) is 16.1. The van der Waals surface area contributed by atoms with E-state index < -0.39 is 32.8 Å². The summed E-state index contributed by atoms with van der Waals surface area (Å²) in [5, 5.41) is 17.5. The number of nitrogens with zero attached hydrogens (tertiary/aromatic N) is 3. The summed E-state index contributed by atoms with van der Waals surface area (Å²) in [6.07, 6.45) is 7.01. The third-order valence-electron chi connectivity index (χ3n) is 5.71. The Morgan fingerprint density at radius 2 is 1.88 bits per heavy atom. The Labute approximate surface area is 201 Å². The molecule has 1 aromatic heterocycles. The van der Waals surface area contributed by atoms with Gasteiger partial charge in [0.15, 0.2) is 0 Å². The number of rotatable bonds is 8. The largest absolute Gasteiger partial charge is 0.388 e. The van der Waals surface area contributed by atoms with Gasteiger partial charge in [-0.2, -0.15) is 9.78 Å². The maximum absolute atomic E-state index is 12.8. The maximum Gasteiger partial charge on any atom is 0.352 e. The molecule has 13 heteroatoms. The number of benzene rings is 1. The summed E-state index contributed by atoms with van der Waals surface area (Å²) in [6, 6.07) is 4.27. The highest BCUT2D eigenvalue weighted by Gasteiger charge is 2.29. The second kappa shape index (κ2) is 10.8. The van der Waals surface area contributed by atoms with Crippen molar-refractivity contribution < 1.29 is 18.3 Å². The lowest BCUT2D eigenvalue weighted by Gasteiger charge is -2.26. The standard InChI is InChI=1S/C21H28ClN5O6S/c1-34(32,33)25-10-11-26-18(28)13-24-27(20(26)30)15-6-7-17(22)16(12-15)19(29)23-14-21(31)8-4-2-3-5-9-21/h6-7,12-13,25,31H,2-5,8-11,14H2,1H3,(H,23,29). The molecule has 1 fully saturated rings. The van der Waals surface area contributed by atoms with Crippen LogP contribution in [0.15, 0.2) is 34.0 Å². The summed E-state index contributed by atoms with van der Waals surface area (Å²) in [6.45, 7) is -0.273. The zero-order chi connectivity index (χ0) is 24.9. The lowest BCUT2D eigenvalue weighted by Crippen LogP contribution is -2.43. The van der Waals surface area contributed by atoms with Crippen LogP contribution < -0.4 is 21.3 Å². The molecule has 0 saturated heterocycles. The first kappa shape index (κ1) is 26.1. The van der Waals surface area contributed by atoms with Crippen LogP contribution in [-0.2, 0) is 16.6 Å². The first-order valence-electron chi connectivity index (χ1n) is 10.9. The van der Waals surface area contributed by atoms with Gasteiger partial charge in [0.05, 0.1) is 28.1 Å². The van der Waals surface area contributed by atoms with Crippen LogP contribution in [0.1, 0.15) is 48.9 Å². The van der Waals surface area contributed by atoms with Gasteiger partial charge in [0.25, 0.3) is 11.5 Å². The van der Waals surface area contributed by atoms with Gasteiger partial charge >= 0.3 is 5.69 Å². The third-order valence-corrected chi connectivity index (χ3v) is 6.77. The van der Waals surface area contributed by atoms with Gasteiger partial charge < -0.3 is 10.4 Å². The molecule has 1 aromatic carbocycles. The molecule has 0 unspecified atom stereocenters. The highest BCUT2D eigenvalue weighted by Crippen LogP contribution is 2.26. The maximum atomic E-state index is 12.8. The molecule has 1 amide bonds. The van der Waals surface area contributed by atoms with Crippen LogP contribution in [0.2, 0.25) is 5.02 Å². The summed E-state index contributed by atoms with van der Waals surface area (Å²) in [4.78, 5) is 37.8. The number of nitrogens with one attached hydrogen (secondary N) is 2. The summed E-state index contributed by atoms with van der Waals surface area (Å²) in [5.41, 5.74) is -2.19. The molecule has 1 aliphatic carbocycles. The minimum absolute atomic E-state index is 0.0848. The molecule has 0 atom stereocenters. The summed E-state index contributed by atoms with van der Waals surface area (Å²) >= 11 is 6.22. The van der Waals surface area contributed by atoms with Gasteiger partial charge in [0, 0.05) is 19.6 Å². The van der Waals surface area contributed by atoms with Gasteiger partial charge in [0.1, 0.15) is 6.20 Å². The molecule has 34 heavy (non-hydrogen) atoms. The van der Waals surface area contributed by atoms with Gasteiger partial charge in [-0.05, 0) is 31.0 Å². The number of hydrogen-bond donors (Lipinski definition) is 3. The van der Waals surface area contributed by atoms with E-state index in [4.69, 9.17) is 11.6 Å². The molecule has 11 nitrogen and oxygen atoms in total. The van der Waals surface area contributed by atoms with Crippen molar-refractivity contribution in [3.8, 4) is 5.69 Å².